The normalized spacial score (nSPS) is 18.3. The van der Waals surface area contributed by atoms with Crippen molar-refractivity contribution in [2.45, 2.75) is 24.9 Å². The minimum Gasteiger partial charge on any atom is -0.481 e. The number of pyridine rings is 1. The highest BCUT2D eigenvalue weighted by atomic mass is 16.5. The monoisotopic (exact) mass is 179 g/mol. The third kappa shape index (κ3) is 1.98. The maximum Gasteiger partial charge on any atom is 0.213 e. The van der Waals surface area contributed by atoms with Crippen LogP contribution in [-0.4, -0.2) is 22.8 Å². The first-order valence-corrected chi connectivity index (χ1v) is 4.44. The van der Waals surface area contributed by atoms with Crippen LogP contribution in [-0.2, 0) is 6.42 Å². The van der Waals surface area contributed by atoms with Crippen LogP contribution < -0.4 is 4.74 Å². The molecule has 70 valence electrons. The van der Waals surface area contributed by atoms with Crippen molar-refractivity contribution in [3.05, 3.63) is 23.9 Å². The SMILES string of the molecule is COc1cccc(CC2(O)CC2)n1. The smallest absolute Gasteiger partial charge is 0.213 e. The Morgan fingerprint density at radius 2 is 2.31 bits per heavy atom. The van der Waals surface area contributed by atoms with E-state index < -0.39 is 5.60 Å². The van der Waals surface area contributed by atoms with Crippen LogP contribution in [0, 0.1) is 0 Å². The van der Waals surface area contributed by atoms with Crippen molar-refractivity contribution in [2.75, 3.05) is 7.11 Å². The summed E-state index contributed by atoms with van der Waals surface area (Å²) in [5.41, 5.74) is 0.429. The Morgan fingerprint density at radius 1 is 1.54 bits per heavy atom. The molecular formula is C10H13NO2. The fourth-order valence-electron chi connectivity index (χ4n) is 1.33. The van der Waals surface area contributed by atoms with Crippen LogP contribution in [0.1, 0.15) is 18.5 Å². The summed E-state index contributed by atoms with van der Waals surface area (Å²) in [6, 6.07) is 5.62. The first-order chi connectivity index (χ1) is 6.22. The Balaban J connectivity index is 2.11. The number of ether oxygens (including phenoxy) is 1. The van der Waals surface area contributed by atoms with E-state index in [-0.39, 0.29) is 0 Å². The molecule has 1 heterocycles. The van der Waals surface area contributed by atoms with Crippen LogP contribution in [0.3, 0.4) is 0 Å². The Hall–Kier alpha value is -1.09. The number of aliphatic hydroxyl groups is 1. The standard InChI is InChI=1S/C10H13NO2/c1-13-9-4-2-3-8(11-9)7-10(12)5-6-10/h2-4,12H,5-7H2,1H3. The number of rotatable bonds is 3. The Kier molecular flexibility index (Phi) is 1.96. The molecule has 1 saturated carbocycles. The summed E-state index contributed by atoms with van der Waals surface area (Å²) in [4.78, 5) is 4.23. The van der Waals surface area contributed by atoms with Crippen molar-refractivity contribution in [1.29, 1.82) is 0 Å². The molecule has 0 aliphatic heterocycles. The third-order valence-corrected chi connectivity index (χ3v) is 2.33. The third-order valence-electron chi connectivity index (χ3n) is 2.33. The van der Waals surface area contributed by atoms with Gasteiger partial charge in [-0.2, -0.15) is 0 Å². The Morgan fingerprint density at radius 3 is 2.92 bits per heavy atom. The maximum atomic E-state index is 9.66. The highest BCUT2D eigenvalue weighted by molar-refractivity contribution is 5.18. The van der Waals surface area contributed by atoms with Gasteiger partial charge in [-0.15, -0.1) is 0 Å². The molecule has 0 unspecified atom stereocenters. The van der Waals surface area contributed by atoms with Crippen molar-refractivity contribution in [2.24, 2.45) is 0 Å². The fourth-order valence-corrected chi connectivity index (χ4v) is 1.33. The molecule has 0 aromatic carbocycles. The van der Waals surface area contributed by atoms with Crippen LogP contribution in [0.15, 0.2) is 18.2 Å². The van der Waals surface area contributed by atoms with E-state index in [2.05, 4.69) is 4.98 Å². The van der Waals surface area contributed by atoms with E-state index in [0.717, 1.165) is 18.5 Å². The lowest BCUT2D eigenvalue weighted by Crippen LogP contribution is -2.11. The molecule has 0 atom stereocenters. The zero-order valence-electron chi connectivity index (χ0n) is 7.66. The second-order valence-electron chi connectivity index (χ2n) is 3.57. The minimum atomic E-state index is -0.473. The molecule has 1 aliphatic carbocycles. The van der Waals surface area contributed by atoms with Gasteiger partial charge >= 0.3 is 0 Å². The van der Waals surface area contributed by atoms with Crippen LogP contribution in [0.25, 0.3) is 0 Å². The Labute approximate surface area is 77.4 Å². The second-order valence-corrected chi connectivity index (χ2v) is 3.57. The van der Waals surface area contributed by atoms with Gasteiger partial charge in [-0.3, -0.25) is 0 Å². The van der Waals surface area contributed by atoms with Crippen molar-refractivity contribution < 1.29 is 9.84 Å². The van der Waals surface area contributed by atoms with Crippen molar-refractivity contribution in [3.8, 4) is 5.88 Å². The van der Waals surface area contributed by atoms with E-state index in [0.29, 0.717) is 12.3 Å². The zero-order chi connectivity index (χ0) is 9.31. The quantitative estimate of drug-likeness (QED) is 0.757. The molecule has 0 saturated heterocycles. The molecule has 0 amide bonds. The molecule has 0 radical (unpaired) electrons. The lowest BCUT2D eigenvalue weighted by Gasteiger charge is -2.07. The van der Waals surface area contributed by atoms with Gasteiger partial charge in [0.15, 0.2) is 0 Å². The van der Waals surface area contributed by atoms with Crippen LogP contribution in [0.2, 0.25) is 0 Å². The molecule has 3 heteroatoms. The van der Waals surface area contributed by atoms with Crippen molar-refractivity contribution >= 4 is 0 Å². The van der Waals surface area contributed by atoms with E-state index >= 15 is 0 Å². The number of hydrogen-bond donors (Lipinski definition) is 1. The predicted molar refractivity (Wildman–Crippen MR) is 48.7 cm³/mol. The highest BCUT2D eigenvalue weighted by Crippen LogP contribution is 2.37. The number of hydrogen-bond acceptors (Lipinski definition) is 3. The van der Waals surface area contributed by atoms with Crippen molar-refractivity contribution in [1.82, 2.24) is 4.98 Å². The topological polar surface area (TPSA) is 42.4 Å². The summed E-state index contributed by atoms with van der Waals surface area (Å²) in [7, 11) is 1.60. The van der Waals surface area contributed by atoms with E-state index in [9.17, 15) is 5.11 Å². The van der Waals surface area contributed by atoms with Gasteiger partial charge in [0.1, 0.15) is 0 Å². The highest BCUT2D eigenvalue weighted by Gasteiger charge is 2.40. The molecule has 1 aliphatic rings. The summed E-state index contributed by atoms with van der Waals surface area (Å²) in [6.45, 7) is 0. The molecule has 0 spiro atoms. The van der Waals surface area contributed by atoms with Gasteiger partial charge in [-0.1, -0.05) is 6.07 Å². The lowest BCUT2D eigenvalue weighted by molar-refractivity contribution is 0.149. The fraction of sp³-hybridized carbons (Fsp3) is 0.500. The van der Waals surface area contributed by atoms with Gasteiger partial charge in [-0.05, 0) is 18.9 Å². The second kappa shape index (κ2) is 3.00. The van der Waals surface area contributed by atoms with E-state index in [4.69, 9.17) is 4.74 Å². The minimum absolute atomic E-state index is 0.473. The Bertz CT molecular complexity index is 308. The summed E-state index contributed by atoms with van der Waals surface area (Å²) in [5, 5.41) is 9.66. The van der Waals surface area contributed by atoms with Gasteiger partial charge in [0.2, 0.25) is 5.88 Å². The zero-order valence-corrected chi connectivity index (χ0v) is 7.66. The van der Waals surface area contributed by atoms with Gasteiger partial charge in [-0.25, -0.2) is 4.98 Å². The van der Waals surface area contributed by atoms with E-state index in [1.165, 1.54) is 0 Å². The first-order valence-electron chi connectivity index (χ1n) is 4.44. The molecule has 1 aromatic heterocycles. The molecular weight excluding hydrogens is 166 g/mol. The summed E-state index contributed by atoms with van der Waals surface area (Å²) < 4.78 is 5.00. The first kappa shape index (κ1) is 8.51. The van der Waals surface area contributed by atoms with E-state index in [1.807, 2.05) is 12.1 Å². The summed E-state index contributed by atoms with van der Waals surface area (Å²) >= 11 is 0. The maximum absolute atomic E-state index is 9.66. The number of nitrogens with zero attached hydrogens (tertiary/aromatic N) is 1. The van der Waals surface area contributed by atoms with Gasteiger partial charge in [0.25, 0.3) is 0 Å². The number of aromatic nitrogens is 1. The largest absolute Gasteiger partial charge is 0.481 e. The van der Waals surface area contributed by atoms with Crippen LogP contribution in [0.5, 0.6) is 5.88 Å². The molecule has 1 aromatic rings. The van der Waals surface area contributed by atoms with Crippen LogP contribution >= 0.6 is 0 Å². The summed E-state index contributed by atoms with van der Waals surface area (Å²) in [5.74, 6) is 0.613. The lowest BCUT2D eigenvalue weighted by atomic mass is 10.1. The number of methoxy groups -OCH3 is 1. The average Bonchev–Trinajstić information content (AvgIpc) is 2.84. The molecule has 2 rings (SSSR count). The molecule has 1 fully saturated rings. The van der Waals surface area contributed by atoms with Gasteiger partial charge < -0.3 is 9.84 Å². The molecule has 1 N–H and O–H groups in total. The molecule has 3 nitrogen and oxygen atoms in total. The van der Waals surface area contributed by atoms with Crippen LogP contribution in [0.4, 0.5) is 0 Å². The van der Waals surface area contributed by atoms with Crippen molar-refractivity contribution in [3.63, 3.8) is 0 Å². The average molecular weight is 179 g/mol. The predicted octanol–water partition coefficient (Wildman–Crippen LogP) is 1.16. The summed E-state index contributed by atoms with van der Waals surface area (Å²) in [6.07, 6.45) is 2.43. The molecule has 13 heavy (non-hydrogen) atoms. The van der Waals surface area contributed by atoms with Gasteiger partial charge in [0, 0.05) is 18.2 Å². The molecule has 0 bridgehead atoms. The van der Waals surface area contributed by atoms with Gasteiger partial charge in [0.05, 0.1) is 12.7 Å². The van der Waals surface area contributed by atoms with E-state index in [1.54, 1.807) is 13.2 Å².